The van der Waals surface area contributed by atoms with Crippen LogP contribution in [0.5, 0.6) is 5.75 Å². The molecule has 1 N–H and O–H groups in total. The Morgan fingerprint density at radius 3 is 2.21 bits per heavy atom. The number of amides is 3. The lowest BCUT2D eigenvalue weighted by molar-refractivity contribution is -0.131. The molecule has 1 unspecified atom stereocenters. The van der Waals surface area contributed by atoms with E-state index in [0.717, 1.165) is 11.3 Å². The summed E-state index contributed by atoms with van der Waals surface area (Å²) in [6.45, 7) is 11.0. The summed E-state index contributed by atoms with van der Waals surface area (Å²) >= 11 is 0. The summed E-state index contributed by atoms with van der Waals surface area (Å²) in [6, 6.07) is 15.4. The predicted molar refractivity (Wildman–Crippen MR) is 114 cm³/mol. The molecule has 154 valence electrons. The number of hydrogen-bond acceptors (Lipinski definition) is 3. The third-order valence-electron chi connectivity index (χ3n) is 5.42. The molecule has 5 nitrogen and oxygen atoms in total. The van der Waals surface area contributed by atoms with Gasteiger partial charge < -0.3 is 10.1 Å². The molecule has 0 saturated carbocycles. The molecule has 3 amide bonds. The fraction of sp³-hybridized carbons (Fsp3) is 0.417. The van der Waals surface area contributed by atoms with Crippen LogP contribution in [0.3, 0.4) is 0 Å². The monoisotopic (exact) mass is 394 g/mol. The van der Waals surface area contributed by atoms with Gasteiger partial charge in [0.05, 0.1) is 6.61 Å². The highest BCUT2D eigenvalue weighted by Crippen LogP contribution is 2.31. The molecule has 29 heavy (non-hydrogen) atoms. The van der Waals surface area contributed by atoms with Gasteiger partial charge >= 0.3 is 6.03 Å². The van der Waals surface area contributed by atoms with E-state index in [4.69, 9.17) is 4.74 Å². The molecular formula is C24H30N2O3. The molecule has 1 fully saturated rings. The highest BCUT2D eigenvalue weighted by atomic mass is 16.5. The first-order valence-electron chi connectivity index (χ1n) is 10.1. The van der Waals surface area contributed by atoms with Gasteiger partial charge in [0.1, 0.15) is 11.3 Å². The molecule has 3 rings (SSSR count). The zero-order valence-electron chi connectivity index (χ0n) is 17.9. The molecule has 0 aliphatic carbocycles. The van der Waals surface area contributed by atoms with Crippen LogP contribution in [0.4, 0.5) is 4.79 Å². The SMILES string of the molecule is Cc1ccc(OCCCN2C(=O)NC(C)(c3ccc(C(C)(C)C)cc3)C2=O)cc1. The zero-order valence-corrected chi connectivity index (χ0v) is 17.9. The van der Waals surface area contributed by atoms with Gasteiger partial charge in [-0.15, -0.1) is 0 Å². The third kappa shape index (κ3) is 4.44. The molecule has 0 spiro atoms. The summed E-state index contributed by atoms with van der Waals surface area (Å²) in [5.74, 6) is 0.568. The second-order valence-electron chi connectivity index (χ2n) is 8.85. The van der Waals surface area contributed by atoms with Gasteiger partial charge in [-0.2, -0.15) is 0 Å². The van der Waals surface area contributed by atoms with Crippen LogP contribution < -0.4 is 10.1 Å². The summed E-state index contributed by atoms with van der Waals surface area (Å²) in [6.07, 6.45) is 0.575. The van der Waals surface area contributed by atoms with Crippen LogP contribution in [0.25, 0.3) is 0 Å². The van der Waals surface area contributed by atoms with Crippen molar-refractivity contribution in [3.05, 3.63) is 65.2 Å². The topological polar surface area (TPSA) is 58.6 Å². The second-order valence-corrected chi connectivity index (χ2v) is 8.85. The Balaban J connectivity index is 1.61. The number of aryl methyl sites for hydroxylation is 1. The van der Waals surface area contributed by atoms with Gasteiger partial charge in [-0.25, -0.2) is 4.79 Å². The Morgan fingerprint density at radius 2 is 1.62 bits per heavy atom. The van der Waals surface area contributed by atoms with E-state index in [0.29, 0.717) is 19.6 Å². The van der Waals surface area contributed by atoms with Crippen molar-refractivity contribution >= 4 is 11.9 Å². The standard InChI is InChI=1S/C24H30N2O3/c1-17-7-13-20(14-8-17)29-16-6-15-26-21(27)24(5,25-22(26)28)19-11-9-18(10-12-19)23(2,3)4/h7-14H,6,15-16H2,1-5H3,(H,25,28). The van der Waals surface area contributed by atoms with E-state index in [1.54, 1.807) is 6.92 Å². The summed E-state index contributed by atoms with van der Waals surface area (Å²) in [5.41, 5.74) is 2.15. The Bertz CT molecular complexity index is 882. The minimum Gasteiger partial charge on any atom is -0.494 e. The Kier molecular flexibility index (Phi) is 5.69. The van der Waals surface area contributed by atoms with Gasteiger partial charge in [0.15, 0.2) is 0 Å². The van der Waals surface area contributed by atoms with E-state index in [2.05, 4.69) is 26.1 Å². The summed E-state index contributed by atoms with van der Waals surface area (Å²) in [4.78, 5) is 26.8. The zero-order chi connectivity index (χ0) is 21.2. The number of nitrogens with zero attached hydrogens (tertiary/aromatic N) is 1. The quantitative estimate of drug-likeness (QED) is 0.578. The maximum atomic E-state index is 13.0. The van der Waals surface area contributed by atoms with Crippen LogP contribution in [0.2, 0.25) is 0 Å². The molecule has 2 aromatic rings. The van der Waals surface area contributed by atoms with Crippen molar-refractivity contribution in [2.75, 3.05) is 13.2 Å². The van der Waals surface area contributed by atoms with Crippen LogP contribution in [-0.2, 0) is 15.7 Å². The van der Waals surface area contributed by atoms with Crippen LogP contribution in [0.15, 0.2) is 48.5 Å². The van der Waals surface area contributed by atoms with Gasteiger partial charge in [0, 0.05) is 6.54 Å². The number of ether oxygens (including phenoxy) is 1. The smallest absolute Gasteiger partial charge is 0.325 e. The average Bonchev–Trinajstić information content (AvgIpc) is 2.89. The molecule has 2 aromatic carbocycles. The van der Waals surface area contributed by atoms with Crippen molar-refractivity contribution in [3.8, 4) is 5.75 Å². The largest absolute Gasteiger partial charge is 0.494 e. The number of rotatable bonds is 6. The molecule has 1 aliphatic heterocycles. The first-order valence-corrected chi connectivity index (χ1v) is 10.1. The van der Waals surface area contributed by atoms with Gasteiger partial charge in [-0.05, 0) is 48.9 Å². The van der Waals surface area contributed by atoms with Crippen molar-refractivity contribution in [1.29, 1.82) is 0 Å². The first-order chi connectivity index (χ1) is 13.6. The van der Waals surface area contributed by atoms with Crippen LogP contribution in [0.1, 0.15) is 50.8 Å². The summed E-state index contributed by atoms with van der Waals surface area (Å²) < 4.78 is 5.70. The van der Waals surface area contributed by atoms with Crippen molar-refractivity contribution in [3.63, 3.8) is 0 Å². The van der Waals surface area contributed by atoms with Gasteiger partial charge in [0.25, 0.3) is 5.91 Å². The lowest BCUT2D eigenvalue weighted by atomic mass is 9.84. The van der Waals surface area contributed by atoms with Crippen LogP contribution >= 0.6 is 0 Å². The third-order valence-corrected chi connectivity index (χ3v) is 5.42. The van der Waals surface area contributed by atoms with Gasteiger partial charge in [-0.1, -0.05) is 62.7 Å². The van der Waals surface area contributed by atoms with E-state index in [1.807, 2.05) is 55.5 Å². The van der Waals surface area contributed by atoms with Crippen molar-refractivity contribution in [1.82, 2.24) is 10.2 Å². The fourth-order valence-electron chi connectivity index (χ4n) is 3.45. The van der Waals surface area contributed by atoms with Gasteiger partial charge in [-0.3, -0.25) is 9.69 Å². The number of hydrogen-bond donors (Lipinski definition) is 1. The number of carbonyl (C=O) groups excluding carboxylic acids is 2. The minimum absolute atomic E-state index is 0.0336. The van der Waals surface area contributed by atoms with Crippen LogP contribution in [0, 0.1) is 6.92 Å². The maximum absolute atomic E-state index is 13.0. The van der Waals surface area contributed by atoms with E-state index in [9.17, 15) is 9.59 Å². The van der Waals surface area contributed by atoms with Crippen molar-refractivity contribution in [2.45, 2.75) is 52.0 Å². The van der Waals surface area contributed by atoms with E-state index < -0.39 is 5.54 Å². The molecule has 0 radical (unpaired) electrons. The Hall–Kier alpha value is -2.82. The van der Waals surface area contributed by atoms with Crippen molar-refractivity contribution < 1.29 is 14.3 Å². The van der Waals surface area contributed by atoms with E-state index in [1.165, 1.54) is 16.0 Å². The molecule has 1 aliphatic rings. The summed E-state index contributed by atoms with van der Waals surface area (Å²) in [5, 5.41) is 2.87. The fourth-order valence-corrected chi connectivity index (χ4v) is 3.45. The molecule has 1 heterocycles. The number of carbonyl (C=O) groups is 2. The van der Waals surface area contributed by atoms with E-state index >= 15 is 0 Å². The van der Waals surface area contributed by atoms with Crippen LogP contribution in [-0.4, -0.2) is 30.0 Å². The lowest BCUT2D eigenvalue weighted by Gasteiger charge is -2.24. The van der Waals surface area contributed by atoms with Crippen molar-refractivity contribution in [2.24, 2.45) is 0 Å². The molecule has 5 heteroatoms. The molecule has 1 atom stereocenters. The van der Waals surface area contributed by atoms with E-state index in [-0.39, 0.29) is 17.4 Å². The maximum Gasteiger partial charge on any atom is 0.325 e. The Labute approximate surface area is 173 Å². The summed E-state index contributed by atoms with van der Waals surface area (Å²) in [7, 11) is 0. The first kappa shape index (κ1) is 20.9. The number of imide groups is 1. The lowest BCUT2D eigenvalue weighted by Crippen LogP contribution is -2.41. The predicted octanol–water partition coefficient (Wildman–Crippen LogP) is 4.53. The Morgan fingerprint density at radius 1 is 1.00 bits per heavy atom. The average molecular weight is 395 g/mol. The minimum atomic E-state index is -1.04. The number of urea groups is 1. The normalized spacial score (nSPS) is 19.4. The number of benzene rings is 2. The molecule has 1 saturated heterocycles. The highest BCUT2D eigenvalue weighted by Gasteiger charge is 2.48. The highest BCUT2D eigenvalue weighted by molar-refractivity contribution is 6.07. The molecule has 0 bridgehead atoms. The molecule has 0 aromatic heterocycles. The molecular weight excluding hydrogens is 364 g/mol. The van der Waals surface area contributed by atoms with Gasteiger partial charge in [0.2, 0.25) is 0 Å². The number of nitrogens with one attached hydrogen (secondary N) is 1. The second kappa shape index (κ2) is 7.90.